The van der Waals surface area contributed by atoms with Crippen molar-refractivity contribution in [1.29, 1.82) is 0 Å². The van der Waals surface area contributed by atoms with Gasteiger partial charge in [0.25, 0.3) is 0 Å². The summed E-state index contributed by atoms with van der Waals surface area (Å²) in [5.74, 6) is -0.512. The van der Waals surface area contributed by atoms with Crippen LogP contribution in [0, 0.1) is 5.82 Å². The molecule has 5 nitrogen and oxygen atoms in total. The summed E-state index contributed by atoms with van der Waals surface area (Å²) in [6, 6.07) is 4.88. The molecule has 0 saturated carbocycles. The predicted octanol–water partition coefficient (Wildman–Crippen LogP) is 1.64. The number of amides is 3. The molecule has 2 rings (SSSR count). The lowest BCUT2D eigenvalue weighted by molar-refractivity contribution is -0.118. The molecule has 0 unspecified atom stereocenters. The fourth-order valence-electron chi connectivity index (χ4n) is 2.15. The first kappa shape index (κ1) is 14.3. The molecule has 0 bridgehead atoms. The third-order valence-corrected chi connectivity index (χ3v) is 3.07. The molecule has 2 N–H and O–H groups in total. The van der Waals surface area contributed by atoms with Crippen LogP contribution in [0.4, 0.5) is 14.9 Å². The maximum absolute atomic E-state index is 12.9. The Hall–Kier alpha value is -2.11. The minimum absolute atomic E-state index is 0.0136. The van der Waals surface area contributed by atoms with Crippen LogP contribution in [-0.2, 0) is 4.79 Å². The van der Waals surface area contributed by atoms with Crippen LogP contribution in [0.15, 0.2) is 24.3 Å². The third-order valence-electron chi connectivity index (χ3n) is 3.07. The van der Waals surface area contributed by atoms with Crippen molar-refractivity contribution in [3.8, 4) is 0 Å². The summed E-state index contributed by atoms with van der Waals surface area (Å²) in [5, 5.41) is 5.34. The fourth-order valence-corrected chi connectivity index (χ4v) is 2.15. The van der Waals surface area contributed by atoms with Gasteiger partial charge in [0.05, 0.1) is 0 Å². The average molecular weight is 279 g/mol. The van der Waals surface area contributed by atoms with E-state index in [4.69, 9.17) is 0 Å². The van der Waals surface area contributed by atoms with Crippen LogP contribution >= 0.6 is 0 Å². The van der Waals surface area contributed by atoms with Gasteiger partial charge in [0.1, 0.15) is 11.9 Å². The second-order valence-corrected chi connectivity index (χ2v) is 5.08. The van der Waals surface area contributed by atoms with Crippen molar-refractivity contribution in [3.63, 3.8) is 0 Å². The summed E-state index contributed by atoms with van der Waals surface area (Å²) in [6.45, 7) is 4.21. The minimum atomic E-state index is -0.529. The zero-order chi connectivity index (χ0) is 14.7. The lowest BCUT2D eigenvalue weighted by Gasteiger charge is -2.18. The van der Waals surface area contributed by atoms with Gasteiger partial charge in [-0.25, -0.2) is 9.18 Å². The first-order valence-corrected chi connectivity index (χ1v) is 6.61. The lowest BCUT2D eigenvalue weighted by atomic mass is 10.2. The Balaban J connectivity index is 1.99. The Bertz CT molecular complexity index is 502. The summed E-state index contributed by atoms with van der Waals surface area (Å²) in [4.78, 5) is 25.4. The molecule has 108 valence electrons. The van der Waals surface area contributed by atoms with E-state index in [2.05, 4.69) is 10.6 Å². The molecule has 3 amide bonds. The highest BCUT2D eigenvalue weighted by Gasteiger charge is 2.33. The Morgan fingerprint density at radius 3 is 2.60 bits per heavy atom. The number of nitrogens with one attached hydrogen (secondary N) is 2. The third kappa shape index (κ3) is 3.26. The summed E-state index contributed by atoms with van der Waals surface area (Å²) >= 11 is 0. The van der Waals surface area contributed by atoms with E-state index >= 15 is 0 Å². The van der Waals surface area contributed by atoms with Crippen molar-refractivity contribution in [3.05, 3.63) is 30.1 Å². The SMILES string of the molecule is CC(C)NC(=O)N[C@@H]1CCN(c2ccc(F)cc2)C1=O. The Morgan fingerprint density at radius 1 is 1.35 bits per heavy atom. The fraction of sp³-hybridized carbons (Fsp3) is 0.429. The Morgan fingerprint density at radius 2 is 2.00 bits per heavy atom. The topological polar surface area (TPSA) is 61.4 Å². The molecule has 6 heteroatoms. The van der Waals surface area contributed by atoms with E-state index in [9.17, 15) is 14.0 Å². The van der Waals surface area contributed by atoms with E-state index in [1.807, 2.05) is 13.8 Å². The summed E-state index contributed by atoms with van der Waals surface area (Å²) in [7, 11) is 0. The number of halogens is 1. The van der Waals surface area contributed by atoms with Gasteiger partial charge in [-0.15, -0.1) is 0 Å². The largest absolute Gasteiger partial charge is 0.336 e. The number of urea groups is 1. The highest BCUT2D eigenvalue weighted by Crippen LogP contribution is 2.21. The molecular formula is C14H18FN3O2. The molecule has 1 aliphatic heterocycles. The number of benzene rings is 1. The van der Waals surface area contributed by atoms with E-state index in [1.54, 1.807) is 17.0 Å². The molecule has 1 atom stereocenters. The van der Waals surface area contributed by atoms with Crippen molar-refractivity contribution in [2.24, 2.45) is 0 Å². The van der Waals surface area contributed by atoms with E-state index in [0.29, 0.717) is 18.7 Å². The number of carbonyl (C=O) groups excluding carboxylic acids is 2. The normalized spacial score (nSPS) is 18.5. The quantitative estimate of drug-likeness (QED) is 0.883. The van der Waals surface area contributed by atoms with Crippen molar-refractivity contribution in [1.82, 2.24) is 10.6 Å². The number of hydrogen-bond acceptors (Lipinski definition) is 2. The molecule has 1 aromatic carbocycles. The number of carbonyl (C=O) groups is 2. The van der Waals surface area contributed by atoms with E-state index in [0.717, 1.165) is 0 Å². The molecule has 1 fully saturated rings. The van der Waals surface area contributed by atoms with Gasteiger partial charge in [0.2, 0.25) is 5.91 Å². The maximum atomic E-state index is 12.9. The Kier molecular flexibility index (Phi) is 4.22. The first-order chi connectivity index (χ1) is 9.47. The van der Waals surface area contributed by atoms with Gasteiger partial charge in [-0.05, 0) is 44.5 Å². The van der Waals surface area contributed by atoms with Gasteiger partial charge < -0.3 is 15.5 Å². The van der Waals surface area contributed by atoms with E-state index in [1.165, 1.54) is 12.1 Å². The highest BCUT2D eigenvalue weighted by atomic mass is 19.1. The summed E-state index contributed by atoms with van der Waals surface area (Å²) in [5.41, 5.74) is 0.643. The molecule has 20 heavy (non-hydrogen) atoms. The summed E-state index contributed by atoms with van der Waals surface area (Å²) in [6.07, 6.45) is 0.543. The van der Waals surface area contributed by atoms with Crippen LogP contribution in [0.1, 0.15) is 20.3 Å². The molecule has 1 aromatic rings. The van der Waals surface area contributed by atoms with Crippen LogP contribution in [-0.4, -0.2) is 30.6 Å². The van der Waals surface area contributed by atoms with E-state index in [-0.39, 0.29) is 23.8 Å². The van der Waals surface area contributed by atoms with Gasteiger partial charge in [-0.1, -0.05) is 0 Å². The van der Waals surface area contributed by atoms with Crippen LogP contribution < -0.4 is 15.5 Å². The first-order valence-electron chi connectivity index (χ1n) is 6.61. The minimum Gasteiger partial charge on any atom is -0.336 e. The van der Waals surface area contributed by atoms with Crippen molar-refractivity contribution in [2.75, 3.05) is 11.4 Å². The molecule has 0 aromatic heterocycles. The maximum Gasteiger partial charge on any atom is 0.315 e. The number of anilines is 1. The lowest BCUT2D eigenvalue weighted by Crippen LogP contribution is -2.47. The zero-order valence-electron chi connectivity index (χ0n) is 11.5. The monoisotopic (exact) mass is 279 g/mol. The average Bonchev–Trinajstić information content (AvgIpc) is 2.71. The molecule has 0 radical (unpaired) electrons. The van der Waals surface area contributed by atoms with Crippen LogP contribution in [0.2, 0.25) is 0 Å². The van der Waals surface area contributed by atoms with Crippen molar-refractivity contribution < 1.29 is 14.0 Å². The van der Waals surface area contributed by atoms with Crippen LogP contribution in [0.5, 0.6) is 0 Å². The van der Waals surface area contributed by atoms with Gasteiger partial charge in [0.15, 0.2) is 0 Å². The number of hydrogen-bond donors (Lipinski definition) is 2. The summed E-state index contributed by atoms with van der Waals surface area (Å²) < 4.78 is 12.9. The molecule has 1 aliphatic rings. The second-order valence-electron chi connectivity index (χ2n) is 5.08. The van der Waals surface area contributed by atoms with Gasteiger partial charge in [-0.3, -0.25) is 4.79 Å². The molecule has 1 saturated heterocycles. The van der Waals surface area contributed by atoms with Crippen LogP contribution in [0.3, 0.4) is 0 Å². The smallest absolute Gasteiger partial charge is 0.315 e. The highest BCUT2D eigenvalue weighted by molar-refractivity contribution is 6.01. The molecule has 0 spiro atoms. The van der Waals surface area contributed by atoms with Gasteiger partial charge >= 0.3 is 6.03 Å². The van der Waals surface area contributed by atoms with Gasteiger partial charge in [-0.2, -0.15) is 0 Å². The predicted molar refractivity (Wildman–Crippen MR) is 74.0 cm³/mol. The van der Waals surface area contributed by atoms with Crippen LogP contribution in [0.25, 0.3) is 0 Å². The Labute approximate surface area is 117 Å². The van der Waals surface area contributed by atoms with E-state index < -0.39 is 6.04 Å². The molecular weight excluding hydrogens is 261 g/mol. The number of rotatable bonds is 3. The van der Waals surface area contributed by atoms with Crippen molar-refractivity contribution >= 4 is 17.6 Å². The standard InChI is InChI=1S/C14H18FN3O2/c1-9(2)16-14(20)17-12-7-8-18(13(12)19)11-5-3-10(15)4-6-11/h3-6,9,12H,7-8H2,1-2H3,(H2,16,17,20)/t12-/m1/s1. The zero-order valence-corrected chi connectivity index (χ0v) is 11.5. The van der Waals surface area contributed by atoms with Gasteiger partial charge in [0, 0.05) is 18.3 Å². The second kappa shape index (κ2) is 5.90. The molecule has 1 heterocycles. The number of nitrogens with zero attached hydrogens (tertiary/aromatic N) is 1. The molecule has 0 aliphatic carbocycles. The van der Waals surface area contributed by atoms with Crippen molar-refractivity contribution in [2.45, 2.75) is 32.4 Å².